The Labute approximate surface area is 113 Å². The Morgan fingerprint density at radius 1 is 1.24 bits per heavy atom. The predicted molar refractivity (Wildman–Crippen MR) is 77.0 cm³/mol. The molecule has 0 bridgehead atoms. The summed E-state index contributed by atoms with van der Waals surface area (Å²) < 4.78 is 0. The van der Waals surface area contributed by atoms with Crippen molar-refractivity contribution in [3.05, 3.63) is 29.3 Å². The Morgan fingerprint density at radius 3 is 2.65 bits per heavy atom. The molecular weight excluding hydrogens is 250 g/mol. The minimum Gasteiger partial charge on any atom is -0.313 e. The van der Waals surface area contributed by atoms with Crippen LogP contribution in [0.25, 0.3) is 0 Å². The topological polar surface area (TPSA) is 12.0 Å². The van der Waals surface area contributed by atoms with E-state index in [1.54, 1.807) is 0 Å². The first-order valence-corrected chi connectivity index (χ1v) is 7.71. The minimum atomic E-state index is 0.675. The van der Waals surface area contributed by atoms with Gasteiger partial charge in [-0.1, -0.05) is 31.4 Å². The highest BCUT2D eigenvalue weighted by Crippen LogP contribution is 2.34. The molecule has 1 aliphatic rings. The van der Waals surface area contributed by atoms with Crippen LogP contribution < -0.4 is 5.32 Å². The van der Waals surface area contributed by atoms with E-state index in [0.29, 0.717) is 11.3 Å². The van der Waals surface area contributed by atoms with Gasteiger partial charge in [-0.2, -0.15) is 0 Å². The average molecular weight is 270 g/mol. The molecular formula is C14H20ClNS. The molecule has 1 aromatic rings. The molecule has 0 aromatic heterocycles. The average Bonchev–Trinajstić information content (AvgIpc) is 2.35. The van der Waals surface area contributed by atoms with E-state index in [0.717, 1.165) is 11.6 Å². The number of rotatable bonds is 4. The van der Waals surface area contributed by atoms with Gasteiger partial charge >= 0.3 is 0 Å². The molecule has 1 aromatic carbocycles. The van der Waals surface area contributed by atoms with Crippen molar-refractivity contribution in [2.24, 2.45) is 0 Å². The fraction of sp³-hybridized carbons (Fsp3) is 0.571. The van der Waals surface area contributed by atoms with Crippen LogP contribution in [0, 0.1) is 0 Å². The molecule has 3 heteroatoms. The summed E-state index contributed by atoms with van der Waals surface area (Å²) in [4.78, 5) is 1.34. The Kier molecular flexibility index (Phi) is 5.20. The number of thioether (sulfide) groups is 1. The third-order valence-corrected chi connectivity index (χ3v) is 4.93. The normalized spacial score (nSPS) is 24.8. The molecule has 1 N–H and O–H groups in total. The summed E-state index contributed by atoms with van der Waals surface area (Å²) in [7, 11) is 0. The lowest BCUT2D eigenvalue weighted by molar-refractivity contribution is 0.391. The highest BCUT2D eigenvalue weighted by atomic mass is 35.5. The van der Waals surface area contributed by atoms with Crippen LogP contribution in [0.3, 0.4) is 0 Å². The first kappa shape index (κ1) is 13.3. The van der Waals surface area contributed by atoms with E-state index in [1.165, 1.54) is 30.6 Å². The van der Waals surface area contributed by atoms with Gasteiger partial charge in [0, 0.05) is 21.2 Å². The van der Waals surface area contributed by atoms with Gasteiger partial charge in [0.1, 0.15) is 0 Å². The van der Waals surface area contributed by atoms with Gasteiger partial charge < -0.3 is 5.32 Å². The molecule has 0 radical (unpaired) electrons. The zero-order valence-electron chi connectivity index (χ0n) is 10.3. The minimum absolute atomic E-state index is 0.675. The molecule has 1 nitrogen and oxygen atoms in total. The lowest BCUT2D eigenvalue weighted by Gasteiger charge is -2.31. The molecule has 0 amide bonds. The van der Waals surface area contributed by atoms with Crippen molar-refractivity contribution >= 4 is 23.4 Å². The van der Waals surface area contributed by atoms with Crippen molar-refractivity contribution in [1.82, 2.24) is 5.32 Å². The maximum absolute atomic E-state index is 5.91. The van der Waals surface area contributed by atoms with Gasteiger partial charge in [-0.05, 0) is 43.7 Å². The van der Waals surface area contributed by atoms with E-state index in [9.17, 15) is 0 Å². The van der Waals surface area contributed by atoms with E-state index in [2.05, 4.69) is 24.4 Å². The summed E-state index contributed by atoms with van der Waals surface area (Å²) in [5, 5.41) is 5.15. The third kappa shape index (κ3) is 3.90. The SMILES string of the molecule is CCNC1CCCCC1Sc1ccc(Cl)cc1. The predicted octanol–water partition coefficient (Wildman–Crippen LogP) is 4.35. The zero-order chi connectivity index (χ0) is 12.1. The molecule has 1 saturated carbocycles. The van der Waals surface area contributed by atoms with Crippen molar-refractivity contribution in [3.8, 4) is 0 Å². The quantitative estimate of drug-likeness (QED) is 0.872. The Morgan fingerprint density at radius 2 is 1.94 bits per heavy atom. The summed E-state index contributed by atoms with van der Waals surface area (Å²) in [6.45, 7) is 3.26. The number of nitrogens with one attached hydrogen (secondary N) is 1. The summed E-state index contributed by atoms with van der Waals surface area (Å²) >= 11 is 7.91. The fourth-order valence-electron chi connectivity index (χ4n) is 2.42. The molecule has 0 spiro atoms. The highest BCUT2D eigenvalue weighted by Gasteiger charge is 2.24. The van der Waals surface area contributed by atoms with E-state index in [4.69, 9.17) is 11.6 Å². The Balaban J connectivity index is 1.97. The van der Waals surface area contributed by atoms with Gasteiger partial charge in [-0.15, -0.1) is 11.8 Å². The number of halogens is 1. The van der Waals surface area contributed by atoms with Gasteiger partial charge in [0.25, 0.3) is 0 Å². The molecule has 0 saturated heterocycles. The van der Waals surface area contributed by atoms with E-state index < -0.39 is 0 Å². The van der Waals surface area contributed by atoms with Crippen molar-refractivity contribution in [2.45, 2.75) is 48.8 Å². The second kappa shape index (κ2) is 6.67. The molecule has 0 aliphatic heterocycles. The smallest absolute Gasteiger partial charge is 0.0406 e. The van der Waals surface area contributed by atoms with Crippen LogP contribution in [0.1, 0.15) is 32.6 Å². The molecule has 2 atom stereocenters. The fourth-order valence-corrected chi connectivity index (χ4v) is 3.87. The summed E-state index contributed by atoms with van der Waals surface area (Å²) in [5.41, 5.74) is 0. The van der Waals surface area contributed by atoms with Crippen LogP contribution in [0.4, 0.5) is 0 Å². The van der Waals surface area contributed by atoms with Crippen LogP contribution in [0.15, 0.2) is 29.2 Å². The largest absolute Gasteiger partial charge is 0.313 e. The molecule has 17 heavy (non-hydrogen) atoms. The Bertz CT molecular complexity index is 337. The zero-order valence-corrected chi connectivity index (χ0v) is 11.9. The number of hydrogen-bond donors (Lipinski definition) is 1. The van der Waals surface area contributed by atoms with Crippen molar-refractivity contribution in [2.75, 3.05) is 6.54 Å². The van der Waals surface area contributed by atoms with E-state index in [1.807, 2.05) is 23.9 Å². The van der Waals surface area contributed by atoms with Gasteiger partial charge in [-0.25, -0.2) is 0 Å². The second-order valence-corrected chi connectivity index (χ2v) is 6.31. The lowest BCUT2D eigenvalue weighted by Crippen LogP contribution is -2.40. The first-order valence-electron chi connectivity index (χ1n) is 6.45. The molecule has 0 heterocycles. The van der Waals surface area contributed by atoms with Crippen molar-refractivity contribution < 1.29 is 0 Å². The summed E-state index contributed by atoms with van der Waals surface area (Å²) in [6, 6.07) is 8.90. The molecule has 2 rings (SSSR count). The standard InChI is InChI=1S/C14H20ClNS/c1-2-16-13-5-3-4-6-14(13)17-12-9-7-11(15)8-10-12/h7-10,13-14,16H,2-6H2,1H3. The Hall–Kier alpha value is -0.180. The second-order valence-electron chi connectivity index (χ2n) is 4.56. The van der Waals surface area contributed by atoms with E-state index >= 15 is 0 Å². The van der Waals surface area contributed by atoms with E-state index in [-0.39, 0.29) is 0 Å². The van der Waals surface area contributed by atoms with Crippen LogP contribution in [-0.4, -0.2) is 17.8 Å². The molecule has 1 fully saturated rings. The summed E-state index contributed by atoms with van der Waals surface area (Å²) in [6.07, 6.45) is 5.38. The van der Waals surface area contributed by atoms with Gasteiger partial charge in [0.2, 0.25) is 0 Å². The molecule has 94 valence electrons. The van der Waals surface area contributed by atoms with Gasteiger partial charge in [-0.3, -0.25) is 0 Å². The highest BCUT2D eigenvalue weighted by molar-refractivity contribution is 8.00. The van der Waals surface area contributed by atoms with Gasteiger partial charge in [0.05, 0.1) is 0 Å². The molecule has 2 unspecified atom stereocenters. The van der Waals surface area contributed by atoms with Crippen molar-refractivity contribution in [3.63, 3.8) is 0 Å². The van der Waals surface area contributed by atoms with Crippen LogP contribution in [0.2, 0.25) is 5.02 Å². The maximum atomic E-state index is 5.91. The monoisotopic (exact) mass is 269 g/mol. The lowest BCUT2D eigenvalue weighted by atomic mass is 9.95. The molecule has 1 aliphatic carbocycles. The maximum Gasteiger partial charge on any atom is 0.0406 e. The van der Waals surface area contributed by atoms with Crippen LogP contribution in [0.5, 0.6) is 0 Å². The third-order valence-electron chi connectivity index (χ3n) is 3.27. The van der Waals surface area contributed by atoms with Crippen LogP contribution >= 0.6 is 23.4 Å². The summed E-state index contributed by atoms with van der Waals surface area (Å²) in [5.74, 6) is 0. The van der Waals surface area contributed by atoms with Crippen LogP contribution in [-0.2, 0) is 0 Å². The number of hydrogen-bond acceptors (Lipinski definition) is 2. The number of benzene rings is 1. The van der Waals surface area contributed by atoms with Gasteiger partial charge in [0.15, 0.2) is 0 Å². The van der Waals surface area contributed by atoms with Crippen molar-refractivity contribution in [1.29, 1.82) is 0 Å². The first-order chi connectivity index (χ1) is 8.29.